The van der Waals surface area contributed by atoms with Gasteiger partial charge in [0.15, 0.2) is 11.6 Å². The van der Waals surface area contributed by atoms with E-state index in [0.717, 1.165) is 0 Å². The molecule has 2 aromatic rings. The Morgan fingerprint density at radius 2 is 2.05 bits per heavy atom. The molecule has 1 atom stereocenters. The summed E-state index contributed by atoms with van der Waals surface area (Å²) in [6.45, 7) is 1.69. The number of hydrogen-bond acceptors (Lipinski definition) is 4. The number of benzene rings is 1. The van der Waals surface area contributed by atoms with Gasteiger partial charge in [-0.1, -0.05) is 23.2 Å². The predicted molar refractivity (Wildman–Crippen MR) is 71.9 cm³/mol. The van der Waals surface area contributed by atoms with Crippen LogP contribution in [0.1, 0.15) is 18.6 Å². The van der Waals surface area contributed by atoms with Crippen LogP contribution in [0.25, 0.3) is 0 Å². The summed E-state index contributed by atoms with van der Waals surface area (Å²) < 4.78 is 19.0. The Bertz CT molecular complexity index is 610. The molecule has 100 valence electrons. The summed E-state index contributed by atoms with van der Waals surface area (Å²) in [6.07, 6.45) is 0.856. The Labute approximate surface area is 119 Å². The molecule has 0 amide bonds. The first-order valence-electron chi connectivity index (χ1n) is 5.38. The first-order valence-corrected chi connectivity index (χ1v) is 6.13. The van der Waals surface area contributed by atoms with Crippen molar-refractivity contribution < 1.29 is 9.13 Å². The van der Waals surface area contributed by atoms with Gasteiger partial charge < -0.3 is 10.5 Å². The maximum atomic E-state index is 13.4. The van der Waals surface area contributed by atoms with E-state index >= 15 is 0 Å². The Hall–Kier alpha value is -1.59. The number of nitrogens with two attached hydrogens (primary N) is 1. The van der Waals surface area contributed by atoms with Gasteiger partial charge in [0.2, 0.25) is 0 Å². The zero-order valence-electron chi connectivity index (χ0n) is 9.90. The van der Waals surface area contributed by atoms with Gasteiger partial charge in [-0.2, -0.15) is 5.10 Å². The third kappa shape index (κ3) is 2.88. The third-order valence-corrected chi connectivity index (χ3v) is 3.21. The van der Waals surface area contributed by atoms with Crippen LogP contribution >= 0.6 is 23.2 Å². The highest BCUT2D eigenvalue weighted by atomic mass is 35.5. The summed E-state index contributed by atoms with van der Waals surface area (Å²) in [5, 5.41) is 7.51. The molecule has 0 aliphatic rings. The Balaban J connectivity index is 2.33. The molecule has 0 saturated carbocycles. The molecule has 0 fully saturated rings. The van der Waals surface area contributed by atoms with Crippen molar-refractivity contribution in [2.45, 2.75) is 13.0 Å². The van der Waals surface area contributed by atoms with Crippen molar-refractivity contribution in [3.05, 3.63) is 45.8 Å². The van der Waals surface area contributed by atoms with Gasteiger partial charge in [-0.3, -0.25) is 0 Å². The molecule has 1 aromatic heterocycles. The second kappa shape index (κ2) is 5.59. The van der Waals surface area contributed by atoms with E-state index in [9.17, 15) is 4.39 Å². The summed E-state index contributed by atoms with van der Waals surface area (Å²) in [4.78, 5) is 0. The van der Waals surface area contributed by atoms with Crippen LogP contribution in [0.4, 0.5) is 10.2 Å². The van der Waals surface area contributed by atoms with E-state index in [1.54, 1.807) is 13.0 Å². The quantitative estimate of drug-likeness (QED) is 0.879. The van der Waals surface area contributed by atoms with Crippen molar-refractivity contribution in [3.63, 3.8) is 0 Å². The zero-order valence-corrected chi connectivity index (χ0v) is 11.4. The minimum Gasteiger partial charge on any atom is -0.482 e. The van der Waals surface area contributed by atoms with Crippen molar-refractivity contribution in [3.8, 4) is 5.75 Å². The Morgan fingerprint density at radius 1 is 1.32 bits per heavy atom. The molecule has 0 unspecified atom stereocenters. The molecule has 4 nitrogen and oxygen atoms in total. The molecule has 2 N–H and O–H groups in total. The summed E-state index contributed by atoms with van der Waals surface area (Å²) in [7, 11) is 0. The van der Waals surface area contributed by atoms with Gasteiger partial charge in [-0.05, 0) is 19.1 Å². The number of halogens is 3. The fraction of sp³-hybridized carbons (Fsp3) is 0.167. The second-order valence-electron chi connectivity index (χ2n) is 3.80. The summed E-state index contributed by atoms with van der Waals surface area (Å²) in [5.41, 5.74) is 5.97. The second-order valence-corrected chi connectivity index (χ2v) is 4.58. The minimum atomic E-state index is -0.581. The summed E-state index contributed by atoms with van der Waals surface area (Å²) in [5.74, 6) is -0.0887. The van der Waals surface area contributed by atoms with Gasteiger partial charge in [0, 0.05) is 16.7 Å². The number of ether oxygens (including phenoxy) is 1. The molecule has 0 aliphatic heterocycles. The van der Waals surface area contributed by atoms with Gasteiger partial charge in [0.25, 0.3) is 0 Å². The summed E-state index contributed by atoms with van der Waals surface area (Å²) in [6, 6.07) is 4.18. The maximum absolute atomic E-state index is 13.4. The SMILES string of the molecule is C[C@H](Oc1ccnnc1N)c1c(Cl)ccc(F)c1Cl. The van der Waals surface area contributed by atoms with Crippen molar-refractivity contribution in [1.82, 2.24) is 10.2 Å². The van der Waals surface area contributed by atoms with Crippen molar-refractivity contribution >= 4 is 29.0 Å². The fourth-order valence-electron chi connectivity index (χ4n) is 1.60. The lowest BCUT2D eigenvalue weighted by Crippen LogP contribution is -2.08. The minimum absolute atomic E-state index is 0.0689. The number of rotatable bonds is 3. The highest BCUT2D eigenvalue weighted by molar-refractivity contribution is 6.36. The number of aromatic nitrogens is 2. The lowest BCUT2D eigenvalue weighted by molar-refractivity contribution is 0.227. The van der Waals surface area contributed by atoms with Crippen LogP contribution in [0.15, 0.2) is 24.4 Å². The molecular weight excluding hydrogens is 292 g/mol. The van der Waals surface area contributed by atoms with E-state index in [1.165, 1.54) is 18.3 Å². The molecule has 0 spiro atoms. The largest absolute Gasteiger partial charge is 0.482 e. The standard InChI is InChI=1S/C12H10Cl2FN3O/c1-6(19-9-4-5-17-18-12(9)16)10-7(13)2-3-8(15)11(10)14/h2-6H,1H3,(H2,16,18)/t6-/m0/s1. The first kappa shape index (κ1) is 13.8. The number of nitrogen functional groups attached to an aromatic ring is 1. The van der Waals surface area contributed by atoms with Gasteiger partial charge in [-0.25, -0.2) is 4.39 Å². The van der Waals surface area contributed by atoms with E-state index < -0.39 is 11.9 Å². The van der Waals surface area contributed by atoms with Gasteiger partial charge in [-0.15, -0.1) is 5.10 Å². The van der Waals surface area contributed by atoms with Crippen LogP contribution in [-0.2, 0) is 0 Å². The summed E-state index contributed by atoms with van der Waals surface area (Å²) >= 11 is 11.9. The molecule has 1 aromatic carbocycles. The maximum Gasteiger partial charge on any atom is 0.188 e. The van der Waals surface area contributed by atoms with Gasteiger partial charge in [0.05, 0.1) is 11.2 Å². The molecule has 2 rings (SSSR count). The lowest BCUT2D eigenvalue weighted by atomic mass is 10.1. The Kier molecular flexibility index (Phi) is 4.07. The third-order valence-electron chi connectivity index (χ3n) is 2.50. The normalized spacial score (nSPS) is 12.2. The van der Waals surface area contributed by atoms with Gasteiger partial charge in [0.1, 0.15) is 11.9 Å². The van der Waals surface area contributed by atoms with E-state index in [4.69, 9.17) is 33.7 Å². The molecule has 19 heavy (non-hydrogen) atoms. The highest BCUT2D eigenvalue weighted by Gasteiger charge is 2.19. The molecule has 0 saturated heterocycles. The van der Waals surface area contributed by atoms with Crippen LogP contribution in [0.2, 0.25) is 10.0 Å². The Morgan fingerprint density at radius 3 is 2.74 bits per heavy atom. The van der Waals surface area contributed by atoms with E-state index in [1.807, 2.05) is 0 Å². The van der Waals surface area contributed by atoms with Crippen molar-refractivity contribution in [1.29, 1.82) is 0 Å². The van der Waals surface area contributed by atoms with Crippen LogP contribution in [0.5, 0.6) is 5.75 Å². The van der Waals surface area contributed by atoms with Gasteiger partial charge >= 0.3 is 0 Å². The highest BCUT2D eigenvalue weighted by Crippen LogP contribution is 2.35. The monoisotopic (exact) mass is 301 g/mol. The first-order chi connectivity index (χ1) is 9.00. The van der Waals surface area contributed by atoms with Crippen molar-refractivity contribution in [2.24, 2.45) is 0 Å². The van der Waals surface area contributed by atoms with E-state index in [-0.39, 0.29) is 10.8 Å². The molecule has 1 heterocycles. The van der Waals surface area contributed by atoms with E-state index in [2.05, 4.69) is 10.2 Å². The topological polar surface area (TPSA) is 61.0 Å². The molecule has 0 radical (unpaired) electrons. The number of anilines is 1. The van der Waals surface area contributed by atoms with Crippen LogP contribution < -0.4 is 10.5 Å². The fourth-order valence-corrected chi connectivity index (χ4v) is 2.27. The van der Waals surface area contributed by atoms with E-state index in [0.29, 0.717) is 16.3 Å². The molecule has 0 bridgehead atoms. The van der Waals surface area contributed by atoms with Crippen LogP contribution in [-0.4, -0.2) is 10.2 Å². The lowest BCUT2D eigenvalue weighted by Gasteiger charge is -2.18. The average molecular weight is 302 g/mol. The molecule has 0 aliphatic carbocycles. The molecule has 7 heteroatoms. The number of nitrogens with zero attached hydrogens (tertiary/aromatic N) is 2. The smallest absolute Gasteiger partial charge is 0.188 e. The van der Waals surface area contributed by atoms with Crippen molar-refractivity contribution in [2.75, 3.05) is 5.73 Å². The van der Waals surface area contributed by atoms with Crippen LogP contribution in [0.3, 0.4) is 0 Å². The van der Waals surface area contributed by atoms with Crippen LogP contribution in [0, 0.1) is 5.82 Å². The molecular formula is C12H10Cl2FN3O. The number of hydrogen-bond donors (Lipinski definition) is 1. The average Bonchev–Trinajstić information content (AvgIpc) is 2.37. The zero-order chi connectivity index (χ0) is 14.0. The predicted octanol–water partition coefficient (Wildman–Crippen LogP) is 3.64.